The minimum atomic E-state index is -0.897. The number of hydrogen-bond acceptors (Lipinski definition) is 4. The van der Waals surface area contributed by atoms with Gasteiger partial charge in [-0.25, -0.2) is 0 Å². The van der Waals surface area contributed by atoms with Gasteiger partial charge in [0.2, 0.25) is 0 Å². The molecule has 5 atom stereocenters. The van der Waals surface area contributed by atoms with Crippen LogP contribution < -0.4 is 4.90 Å². The van der Waals surface area contributed by atoms with E-state index in [1.165, 1.54) is 22.4 Å². The summed E-state index contributed by atoms with van der Waals surface area (Å²) in [5.74, 6) is 0.935. The smallest absolute Gasteiger partial charge is 0.155 e. The van der Waals surface area contributed by atoms with Crippen molar-refractivity contribution in [3.05, 3.63) is 64.3 Å². The molecule has 4 heteroatoms. The van der Waals surface area contributed by atoms with E-state index in [1.54, 1.807) is 17.2 Å². The summed E-state index contributed by atoms with van der Waals surface area (Å²) in [7, 11) is 4.19. The summed E-state index contributed by atoms with van der Waals surface area (Å²) < 4.78 is 0. The molecule has 0 bridgehead atoms. The lowest BCUT2D eigenvalue weighted by atomic mass is 9.45. The van der Waals surface area contributed by atoms with Gasteiger partial charge in [0, 0.05) is 43.0 Å². The Hall–Kier alpha value is -2.17. The highest BCUT2D eigenvalue weighted by molar-refractivity contribution is 5.92. The highest BCUT2D eigenvalue weighted by Gasteiger charge is 2.63. The Bertz CT molecular complexity index is 1160. The van der Waals surface area contributed by atoms with Crippen LogP contribution in [-0.4, -0.2) is 42.3 Å². The van der Waals surface area contributed by atoms with Crippen LogP contribution in [0.5, 0.6) is 0 Å². The molecule has 2 N–H and O–H groups in total. The third-order valence-corrected chi connectivity index (χ3v) is 10.3. The molecule has 1 aromatic rings. The Labute approximate surface area is 203 Å². The van der Waals surface area contributed by atoms with Crippen LogP contribution in [-0.2, 0) is 11.2 Å². The molecule has 0 radical (unpaired) electrons. The molecule has 1 fully saturated rings. The van der Waals surface area contributed by atoms with E-state index in [1.807, 2.05) is 12.2 Å². The molecule has 4 nitrogen and oxygen atoms in total. The molecule has 1 saturated carbocycles. The first-order valence-electron chi connectivity index (χ1n) is 13.0. The SMILES string of the molecule is CN(C)c1ccc2c(c1)C[C@]13CCC(=O)C=C1CCC1=C3C2C[C@@]2(C)[C@H]1CC[C@@]2(O)/C=C\CO. The second-order valence-corrected chi connectivity index (χ2v) is 11.9. The van der Waals surface area contributed by atoms with Gasteiger partial charge in [-0.15, -0.1) is 0 Å². The van der Waals surface area contributed by atoms with Gasteiger partial charge in [0.25, 0.3) is 0 Å². The molecule has 34 heavy (non-hydrogen) atoms. The van der Waals surface area contributed by atoms with Gasteiger partial charge in [0.05, 0.1) is 12.2 Å². The fourth-order valence-corrected chi connectivity index (χ4v) is 8.60. The van der Waals surface area contributed by atoms with Crippen molar-refractivity contribution in [2.75, 3.05) is 25.6 Å². The van der Waals surface area contributed by atoms with Crippen LogP contribution in [0.15, 0.2) is 53.1 Å². The van der Waals surface area contributed by atoms with E-state index in [0.717, 1.165) is 44.9 Å². The van der Waals surface area contributed by atoms with Crippen LogP contribution in [0.25, 0.3) is 0 Å². The van der Waals surface area contributed by atoms with Crippen LogP contribution in [0.3, 0.4) is 0 Å². The van der Waals surface area contributed by atoms with Gasteiger partial charge >= 0.3 is 0 Å². The Morgan fingerprint density at radius 2 is 2.00 bits per heavy atom. The minimum absolute atomic E-state index is 0.0208. The standard InChI is InChI=1S/C30H37NO3/c1-28-18-25-23-8-6-21(31(2)3)15-19(23)17-29-12-9-22(33)16-20(29)5-7-24(27(25)29)26(28)10-13-30(28,34)11-4-14-32/h4,6,8,11,15-16,25-26,32,34H,5,7,9-10,12-14,17-18H2,1-3H3/b11-4-/t25?,26-,28-,29+,30-/m0/s1. The van der Waals surface area contributed by atoms with Crippen molar-refractivity contribution in [2.24, 2.45) is 16.7 Å². The van der Waals surface area contributed by atoms with Crippen LogP contribution in [0.1, 0.15) is 68.9 Å². The van der Waals surface area contributed by atoms with Crippen LogP contribution in [0, 0.1) is 16.7 Å². The van der Waals surface area contributed by atoms with E-state index < -0.39 is 5.60 Å². The maximum Gasteiger partial charge on any atom is 0.155 e. The number of nitrogens with zero attached hydrogens (tertiary/aromatic N) is 1. The third kappa shape index (κ3) is 2.82. The van der Waals surface area contributed by atoms with Crippen molar-refractivity contribution < 1.29 is 15.0 Å². The predicted molar refractivity (Wildman–Crippen MR) is 135 cm³/mol. The number of allylic oxidation sites excluding steroid dienone is 4. The van der Waals surface area contributed by atoms with Crippen molar-refractivity contribution in [3.8, 4) is 0 Å². The molecular weight excluding hydrogens is 422 g/mol. The first-order valence-corrected chi connectivity index (χ1v) is 13.0. The fourth-order valence-electron chi connectivity index (χ4n) is 8.60. The quantitative estimate of drug-likeness (QED) is 0.634. The molecule has 5 aliphatic carbocycles. The average Bonchev–Trinajstić information content (AvgIpc) is 3.08. The van der Waals surface area contributed by atoms with E-state index in [2.05, 4.69) is 44.1 Å². The number of ketones is 1. The second kappa shape index (κ2) is 7.41. The largest absolute Gasteiger partial charge is 0.392 e. The molecule has 0 amide bonds. The topological polar surface area (TPSA) is 60.8 Å². The number of aliphatic hydroxyl groups excluding tert-OH is 1. The zero-order valence-corrected chi connectivity index (χ0v) is 20.7. The van der Waals surface area contributed by atoms with Crippen molar-refractivity contribution in [3.63, 3.8) is 0 Å². The maximum atomic E-state index is 12.5. The number of hydrogen-bond donors (Lipinski definition) is 2. The van der Waals surface area contributed by atoms with E-state index in [-0.39, 0.29) is 23.4 Å². The van der Waals surface area contributed by atoms with Crippen molar-refractivity contribution in [2.45, 2.75) is 69.8 Å². The highest BCUT2D eigenvalue weighted by atomic mass is 16.3. The van der Waals surface area contributed by atoms with Crippen molar-refractivity contribution in [1.29, 1.82) is 0 Å². The summed E-state index contributed by atoms with van der Waals surface area (Å²) in [6, 6.07) is 6.94. The summed E-state index contributed by atoms with van der Waals surface area (Å²) in [6.45, 7) is 2.25. The van der Waals surface area contributed by atoms with Crippen LogP contribution >= 0.6 is 0 Å². The van der Waals surface area contributed by atoms with Gasteiger partial charge in [-0.3, -0.25) is 4.79 Å². The van der Waals surface area contributed by atoms with E-state index in [0.29, 0.717) is 18.1 Å². The van der Waals surface area contributed by atoms with E-state index >= 15 is 0 Å². The van der Waals surface area contributed by atoms with Gasteiger partial charge in [0.1, 0.15) is 0 Å². The Morgan fingerprint density at radius 1 is 1.18 bits per heavy atom. The molecular formula is C30H37NO3. The summed E-state index contributed by atoms with van der Waals surface area (Å²) >= 11 is 0. The van der Waals surface area contributed by atoms with E-state index in [4.69, 9.17) is 0 Å². The lowest BCUT2D eigenvalue weighted by Crippen LogP contribution is -2.52. The number of carbonyl (C=O) groups is 1. The molecule has 1 spiro atoms. The molecule has 180 valence electrons. The van der Waals surface area contributed by atoms with Crippen molar-refractivity contribution >= 4 is 11.5 Å². The minimum Gasteiger partial charge on any atom is -0.392 e. The normalized spacial score (nSPS) is 38.3. The highest BCUT2D eigenvalue weighted by Crippen LogP contribution is 2.70. The number of aliphatic hydroxyl groups is 2. The maximum absolute atomic E-state index is 12.5. The number of rotatable bonds is 3. The molecule has 0 aliphatic heterocycles. The predicted octanol–water partition coefficient (Wildman–Crippen LogP) is 4.86. The zero-order valence-electron chi connectivity index (χ0n) is 20.7. The van der Waals surface area contributed by atoms with Gasteiger partial charge in [-0.05, 0) is 80.2 Å². The number of benzene rings is 1. The molecule has 0 saturated heterocycles. The number of fused-ring (bicyclic) bond motifs is 4. The Morgan fingerprint density at radius 3 is 2.76 bits per heavy atom. The fraction of sp³-hybridized carbons (Fsp3) is 0.567. The molecule has 0 heterocycles. The van der Waals surface area contributed by atoms with Gasteiger partial charge in [-0.2, -0.15) is 0 Å². The third-order valence-electron chi connectivity index (χ3n) is 10.3. The first-order chi connectivity index (χ1) is 16.2. The first kappa shape index (κ1) is 22.3. The summed E-state index contributed by atoms with van der Waals surface area (Å²) in [4.78, 5) is 14.7. The Kier molecular flexibility index (Phi) is 4.86. The Balaban J connectivity index is 1.59. The number of anilines is 1. The summed E-state index contributed by atoms with van der Waals surface area (Å²) in [5, 5.41) is 21.4. The lowest BCUT2D eigenvalue weighted by molar-refractivity contribution is -0.115. The molecule has 1 aromatic carbocycles. The summed E-state index contributed by atoms with van der Waals surface area (Å²) in [6.07, 6.45) is 12.8. The van der Waals surface area contributed by atoms with Gasteiger partial charge in [0.15, 0.2) is 5.78 Å². The lowest BCUT2D eigenvalue weighted by Gasteiger charge is -2.59. The van der Waals surface area contributed by atoms with E-state index in [9.17, 15) is 15.0 Å². The van der Waals surface area contributed by atoms with Crippen LogP contribution in [0.4, 0.5) is 5.69 Å². The van der Waals surface area contributed by atoms with Crippen molar-refractivity contribution in [1.82, 2.24) is 0 Å². The second-order valence-electron chi connectivity index (χ2n) is 11.9. The van der Waals surface area contributed by atoms with Gasteiger partial charge < -0.3 is 15.1 Å². The van der Waals surface area contributed by atoms with Gasteiger partial charge in [-0.1, -0.05) is 41.9 Å². The number of carbonyl (C=O) groups excluding carboxylic acids is 1. The monoisotopic (exact) mass is 459 g/mol. The average molecular weight is 460 g/mol. The molecule has 6 rings (SSSR count). The molecule has 1 unspecified atom stereocenters. The molecule has 0 aromatic heterocycles. The molecule has 5 aliphatic rings. The summed E-state index contributed by atoms with van der Waals surface area (Å²) in [5.41, 5.74) is 7.44. The zero-order chi connectivity index (χ0) is 23.9. The van der Waals surface area contributed by atoms with Crippen LogP contribution in [0.2, 0.25) is 0 Å².